The molecule has 15 N–H and O–H groups in total. The van der Waals surface area contributed by atoms with Gasteiger partial charge >= 0.3 is 5.97 Å². The van der Waals surface area contributed by atoms with Crippen molar-refractivity contribution in [2.24, 2.45) is 44.8 Å². The lowest BCUT2D eigenvalue weighted by Gasteiger charge is -2.31. The van der Waals surface area contributed by atoms with Gasteiger partial charge in [-0.15, -0.1) is 0 Å². The normalized spacial score (nSPS) is 16.4. The van der Waals surface area contributed by atoms with Crippen LogP contribution >= 0.6 is 0 Å². The highest BCUT2D eigenvalue weighted by Crippen LogP contribution is 2.21. The Morgan fingerprint density at radius 3 is 1.85 bits per heavy atom. The van der Waals surface area contributed by atoms with Gasteiger partial charge in [0.1, 0.15) is 42.0 Å². The number of aliphatic imine (C=N–C) groups is 2. The topological polar surface area (TPSA) is 352 Å². The number of nitrogens with zero attached hydrogens (tertiary/aromatic N) is 3. The number of nitrogens with one attached hydrogen (secondary N) is 5. The molecule has 21 heteroatoms. The van der Waals surface area contributed by atoms with Crippen LogP contribution in [-0.4, -0.2) is 124 Å². The summed E-state index contributed by atoms with van der Waals surface area (Å²) in [5, 5.41) is 33.0. The first kappa shape index (κ1) is 51.0. The highest BCUT2D eigenvalue weighted by atomic mass is 16.4. The van der Waals surface area contributed by atoms with Gasteiger partial charge in [-0.25, -0.2) is 4.79 Å². The van der Waals surface area contributed by atoms with E-state index in [9.17, 15) is 43.8 Å². The van der Waals surface area contributed by atoms with Crippen LogP contribution < -0.4 is 49.5 Å². The number of hydrogen-bond acceptors (Lipinski definition) is 10. The third kappa shape index (κ3) is 17.9. The summed E-state index contributed by atoms with van der Waals surface area (Å²) >= 11 is 0. The predicted molar refractivity (Wildman–Crippen MR) is 228 cm³/mol. The summed E-state index contributed by atoms with van der Waals surface area (Å²) in [6, 6.07) is -0.931. The van der Waals surface area contributed by atoms with Gasteiger partial charge in [-0.3, -0.25) is 38.8 Å². The Labute approximate surface area is 356 Å². The number of nitrogens with two attached hydrogens (primary N) is 4. The highest BCUT2D eigenvalue weighted by molar-refractivity contribution is 5.97. The fourth-order valence-electron chi connectivity index (χ4n) is 6.81. The molecule has 1 fully saturated rings. The molecule has 1 saturated heterocycles. The summed E-state index contributed by atoms with van der Waals surface area (Å²) in [4.78, 5) is 103. The molecule has 21 nitrogen and oxygen atoms in total. The SMILES string of the molecule is CC[C@H](C)[C@H](NC(=O)[C@H](Cc1ccc(O)cc1)NC(=O)[C@@H]1CCCN1C(=O)[C@H](CCCN=C(N)N)NC(=O)[C@H](CCCN=C(N)N)NC(C)=O)C(=O)N[C@@H](CC(C)C)C(=O)O. The number of aliphatic carboxylic acids is 1. The summed E-state index contributed by atoms with van der Waals surface area (Å²) < 4.78 is 0. The summed E-state index contributed by atoms with van der Waals surface area (Å²) in [5.41, 5.74) is 22.3. The number of carbonyl (C=O) groups is 7. The third-order valence-electron chi connectivity index (χ3n) is 10.2. The van der Waals surface area contributed by atoms with E-state index < -0.39 is 83.6 Å². The molecule has 1 heterocycles. The molecule has 1 aromatic rings. The Morgan fingerprint density at radius 1 is 0.770 bits per heavy atom. The van der Waals surface area contributed by atoms with E-state index in [1.165, 1.54) is 24.0 Å². The van der Waals surface area contributed by atoms with Crippen LogP contribution in [0.3, 0.4) is 0 Å². The average molecular weight is 859 g/mol. The lowest BCUT2D eigenvalue weighted by Crippen LogP contribution is -2.60. The van der Waals surface area contributed by atoms with E-state index in [1.807, 2.05) is 20.8 Å². The lowest BCUT2D eigenvalue weighted by molar-refractivity contribution is -0.143. The van der Waals surface area contributed by atoms with Crippen LogP contribution in [0, 0.1) is 11.8 Å². The second-order valence-corrected chi connectivity index (χ2v) is 15.7. The Kier molecular flexibility index (Phi) is 21.3. The first-order valence-corrected chi connectivity index (χ1v) is 20.6. The third-order valence-corrected chi connectivity index (χ3v) is 10.2. The Bertz CT molecular complexity index is 1710. The van der Waals surface area contributed by atoms with Crippen molar-refractivity contribution in [2.75, 3.05) is 19.6 Å². The van der Waals surface area contributed by atoms with Crippen molar-refractivity contribution in [1.29, 1.82) is 0 Å². The molecular formula is C40H66N12O9. The van der Waals surface area contributed by atoms with E-state index in [4.69, 9.17) is 22.9 Å². The fourth-order valence-corrected chi connectivity index (χ4v) is 6.81. The van der Waals surface area contributed by atoms with Gasteiger partial charge in [-0.05, 0) is 74.5 Å². The van der Waals surface area contributed by atoms with Crippen LogP contribution in [0.5, 0.6) is 5.75 Å². The minimum Gasteiger partial charge on any atom is -0.508 e. The Morgan fingerprint density at radius 2 is 1.33 bits per heavy atom. The Balaban J connectivity index is 2.42. The summed E-state index contributed by atoms with van der Waals surface area (Å²) in [6.07, 6.45) is 1.99. The summed E-state index contributed by atoms with van der Waals surface area (Å²) in [7, 11) is 0. The number of phenolic OH excluding ortho intramolecular Hbond substituents is 1. The lowest BCUT2D eigenvalue weighted by atomic mass is 9.96. The quantitative estimate of drug-likeness (QED) is 0.0308. The average Bonchev–Trinajstić information content (AvgIpc) is 3.68. The molecule has 61 heavy (non-hydrogen) atoms. The van der Waals surface area contributed by atoms with Crippen LogP contribution in [0.25, 0.3) is 0 Å². The molecule has 0 spiro atoms. The number of benzene rings is 1. The van der Waals surface area contributed by atoms with E-state index in [2.05, 4.69) is 36.6 Å². The van der Waals surface area contributed by atoms with Gasteiger partial charge in [0.25, 0.3) is 0 Å². The number of likely N-dealkylation sites (tertiary alicyclic amines) is 1. The van der Waals surface area contributed by atoms with Gasteiger partial charge in [0.2, 0.25) is 35.4 Å². The van der Waals surface area contributed by atoms with Crippen LogP contribution in [0.4, 0.5) is 0 Å². The molecule has 0 saturated carbocycles. The van der Waals surface area contributed by atoms with E-state index >= 15 is 0 Å². The smallest absolute Gasteiger partial charge is 0.326 e. The molecule has 1 aliphatic heterocycles. The van der Waals surface area contributed by atoms with Crippen molar-refractivity contribution >= 4 is 53.3 Å². The largest absolute Gasteiger partial charge is 0.508 e. The molecule has 7 atom stereocenters. The number of guanidine groups is 2. The number of carbonyl (C=O) groups excluding carboxylic acids is 6. The standard InChI is InChI=1S/C40H66N12O9/c1-6-23(4)32(36(58)50-30(38(60)61)20-22(2)3)51-34(56)29(21-25-13-15-26(54)16-14-25)49-35(57)31-12-9-19-52(31)37(59)28(11-8-18-46-40(43)44)48-33(55)27(47-24(5)53)10-7-17-45-39(41)42/h13-16,22-23,27-32,54H,6-12,17-21H2,1-5H3,(H,47,53)(H,48,55)(H,49,57)(H,50,58)(H,51,56)(H,60,61)(H4,41,42,45)(H4,43,44,46)/t23-,27-,28-,29-,30-,31-,32-/m0/s1. The van der Waals surface area contributed by atoms with Gasteiger partial charge < -0.3 is 64.6 Å². The number of hydrogen-bond donors (Lipinski definition) is 11. The molecule has 1 aliphatic rings. The first-order chi connectivity index (χ1) is 28.7. The number of aromatic hydroxyl groups is 1. The molecule has 340 valence electrons. The van der Waals surface area contributed by atoms with E-state index in [-0.39, 0.29) is 81.7 Å². The van der Waals surface area contributed by atoms with Gasteiger partial charge in [0.15, 0.2) is 11.9 Å². The zero-order valence-electron chi connectivity index (χ0n) is 35.8. The summed E-state index contributed by atoms with van der Waals surface area (Å²) in [6.45, 7) is 8.91. The number of phenols is 1. The van der Waals surface area contributed by atoms with Crippen molar-refractivity contribution in [3.63, 3.8) is 0 Å². The second-order valence-electron chi connectivity index (χ2n) is 15.7. The fraction of sp³-hybridized carbons (Fsp3) is 0.625. The molecular weight excluding hydrogens is 793 g/mol. The van der Waals surface area contributed by atoms with E-state index in [0.29, 0.717) is 24.8 Å². The molecule has 0 aromatic heterocycles. The van der Waals surface area contributed by atoms with Crippen LogP contribution in [0.2, 0.25) is 0 Å². The van der Waals surface area contributed by atoms with Crippen molar-refractivity contribution < 1.29 is 43.8 Å². The van der Waals surface area contributed by atoms with Crippen molar-refractivity contribution in [2.45, 2.75) is 129 Å². The van der Waals surface area contributed by atoms with Gasteiger partial charge in [0.05, 0.1) is 0 Å². The molecule has 6 amide bonds. The molecule has 0 aliphatic carbocycles. The predicted octanol–water partition coefficient (Wildman–Crippen LogP) is -1.35. The summed E-state index contributed by atoms with van der Waals surface area (Å²) in [5.74, 6) is -5.82. The zero-order valence-corrected chi connectivity index (χ0v) is 35.8. The molecule has 0 radical (unpaired) electrons. The van der Waals surface area contributed by atoms with Crippen molar-refractivity contribution in [3.8, 4) is 5.75 Å². The van der Waals surface area contributed by atoms with Crippen molar-refractivity contribution in [3.05, 3.63) is 29.8 Å². The molecule has 1 aromatic carbocycles. The number of rotatable bonds is 25. The molecule has 0 bridgehead atoms. The van der Waals surface area contributed by atoms with E-state index in [0.717, 1.165) is 0 Å². The first-order valence-electron chi connectivity index (χ1n) is 20.6. The minimum atomic E-state index is -1.28. The van der Waals surface area contributed by atoms with Crippen LogP contribution in [0.15, 0.2) is 34.3 Å². The monoisotopic (exact) mass is 859 g/mol. The maximum atomic E-state index is 14.3. The number of amides is 6. The van der Waals surface area contributed by atoms with Gasteiger partial charge in [0, 0.05) is 33.0 Å². The highest BCUT2D eigenvalue weighted by Gasteiger charge is 2.40. The number of carboxylic acid groups (broad SMARTS) is 1. The molecule has 0 unspecified atom stereocenters. The van der Waals surface area contributed by atoms with Gasteiger partial charge in [-0.2, -0.15) is 0 Å². The van der Waals surface area contributed by atoms with Crippen LogP contribution in [0.1, 0.15) is 91.5 Å². The van der Waals surface area contributed by atoms with Gasteiger partial charge in [-0.1, -0.05) is 46.2 Å². The molecule has 2 rings (SSSR count). The van der Waals surface area contributed by atoms with E-state index in [1.54, 1.807) is 19.1 Å². The second kappa shape index (κ2) is 25.5. The van der Waals surface area contributed by atoms with Crippen molar-refractivity contribution in [1.82, 2.24) is 31.5 Å². The Hall–Kier alpha value is -6.15. The maximum Gasteiger partial charge on any atom is 0.326 e. The zero-order chi connectivity index (χ0) is 45.8. The number of carboxylic acids is 1. The minimum absolute atomic E-state index is 0.0222. The van der Waals surface area contributed by atoms with Crippen LogP contribution in [-0.2, 0) is 40.0 Å². The maximum absolute atomic E-state index is 14.3.